The van der Waals surface area contributed by atoms with Gasteiger partial charge >= 0.3 is 6.18 Å². The standard InChI is InChI=1S/C26H32F3N7O2/c1-17(25(37)35-21-4-2-3-20(11-21)26(27,28)29)24(38-30)15-32-12-18-5-6-23(33-13-18)19-14-34-36(16-19)22-7-9-31-10-8-22/h2-6,11,13-14,16-17,22,24,31-32H,7-10,12,15,30H2,1H3,(H,35,37)/t17-,24?/m1/s1. The van der Waals surface area contributed by atoms with Gasteiger partial charge in [0.05, 0.1) is 29.4 Å². The number of carbonyl (C=O) groups excluding carboxylic acids is 1. The molecule has 9 nitrogen and oxygen atoms in total. The number of rotatable bonds is 10. The van der Waals surface area contributed by atoms with Crippen molar-refractivity contribution < 1.29 is 22.8 Å². The molecule has 0 aliphatic carbocycles. The number of hydrogen-bond donors (Lipinski definition) is 4. The van der Waals surface area contributed by atoms with Gasteiger partial charge in [-0.15, -0.1) is 0 Å². The molecule has 1 saturated heterocycles. The van der Waals surface area contributed by atoms with E-state index in [0.717, 1.165) is 54.9 Å². The number of benzene rings is 1. The van der Waals surface area contributed by atoms with E-state index in [0.29, 0.717) is 12.6 Å². The Morgan fingerprint density at radius 3 is 2.71 bits per heavy atom. The van der Waals surface area contributed by atoms with Crippen molar-refractivity contribution in [2.24, 2.45) is 11.8 Å². The Morgan fingerprint density at radius 1 is 1.24 bits per heavy atom. The zero-order valence-corrected chi connectivity index (χ0v) is 21.0. The average molecular weight is 532 g/mol. The number of pyridine rings is 1. The highest BCUT2D eigenvalue weighted by molar-refractivity contribution is 5.92. The minimum atomic E-state index is -4.50. The normalized spacial score (nSPS) is 16.2. The van der Waals surface area contributed by atoms with Crippen molar-refractivity contribution in [3.63, 3.8) is 0 Å². The first-order valence-electron chi connectivity index (χ1n) is 12.5. The zero-order valence-electron chi connectivity index (χ0n) is 21.0. The molecular formula is C26H32F3N7O2. The highest BCUT2D eigenvalue weighted by Gasteiger charge is 2.31. The molecule has 2 atom stereocenters. The smallest absolute Gasteiger partial charge is 0.326 e. The molecule has 1 unspecified atom stereocenters. The maximum atomic E-state index is 12.9. The lowest BCUT2D eigenvalue weighted by Gasteiger charge is -2.22. The van der Waals surface area contributed by atoms with E-state index in [1.807, 2.05) is 29.2 Å². The Bertz CT molecular complexity index is 1190. The molecule has 0 spiro atoms. The first-order valence-corrected chi connectivity index (χ1v) is 12.5. The summed E-state index contributed by atoms with van der Waals surface area (Å²) >= 11 is 0. The molecule has 4 rings (SSSR count). The number of halogens is 3. The molecule has 3 heterocycles. The highest BCUT2D eigenvalue weighted by Crippen LogP contribution is 2.31. The summed E-state index contributed by atoms with van der Waals surface area (Å²) in [5.74, 6) is 4.19. The largest absolute Gasteiger partial charge is 0.416 e. The summed E-state index contributed by atoms with van der Waals surface area (Å²) in [6, 6.07) is 8.75. The van der Waals surface area contributed by atoms with Crippen molar-refractivity contribution in [2.45, 2.75) is 44.6 Å². The van der Waals surface area contributed by atoms with E-state index in [1.54, 1.807) is 13.1 Å². The molecule has 1 amide bonds. The van der Waals surface area contributed by atoms with E-state index in [4.69, 9.17) is 10.7 Å². The van der Waals surface area contributed by atoms with Crippen LogP contribution in [-0.2, 0) is 22.4 Å². The van der Waals surface area contributed by atoms with Crippen molar-refractivity contribution in [1.82, 2.24) is 25.4 Å². The molecule has 2 aromatic heterocycles. The average Bonchev–Trinajstić information content (AvgIpc) is 3.42. The van der Waals surface area contributed by atoms with Gasteiger partial charge in [-0.25, -0.2) is 5.90 Å². The Morgan fingerprint density at radius 2 is 2.03 bits per heavy atom. The monoisotopic (exact) mass is 531 g/mol. The number of piperidine rings is 1. The first kappa shape index (κ1) is 27.7. The minimum absolute atomic E-state index is 0.0489. The topological polar surface area (TPSA) is 119 Å². The fourth-order valence-electron chi connectivity index (χ4n) is 4.34. The molecule has 0 saturated carbocycles. The lowest BCUT2D eigenvalue weighted by atomic mass is 10.0. The van der Waals surface area contributed by atoms with Crippen LogP contribution in [0.25, 0.3) is 11.3 Å². The second-order valence-electron chi connectivity index (χ2n) is 9.40. The van der Waals surface area contributed by atoms with Gasteiger partial charge in [-0.1, -0.05) is 19.1 Å². The number of anilines is 1. The molecular weight excluding hydrogens is 499 g/mol. The number of amides is 1. The third kappa shape index (κ3) is 7.16. The van der Waals surface area contributed by atoms with Crippen LogP contribution in [0.15, 0.2) is 55.0 Å². The van der Waals surface area contributed by atoms with Gasteiger partial charge in [-0.3, -0.25) is 19.3 Å². The predicted octanol–water partition coefficient (Wildman–Crippen LogP) is 3.51. The number of nitrogens with one attached hydrogen (secondary N) is 3. The number of hydrogen-bond acceptors (Lipinski definition) is 7. The van der Waals surface area contributed by atoms with E-state index in [1.165, 1.54) is 12.1 Å². The quantitative estimate of drug-likeness (QED) is 0.296. The molecule has 0 radical (unpaired) electrons. The van der Waals surface area contributed by atoms with Crippen LogP contribution in [-0.4, -0.2) is 46.4 Å². The molecule has 1 fully saturated rings. The molecule has 12 heteroatoms. The van der Waals surface area contributed by atoms with E-state index < -0.39 is 29.7 Å². The van der Waals surface area contributed by atoms with Gasteiger partial charge < -0.3 is 16.0 Å². The van der Waals surface area contributed by atoms with Crippen LogP contribution >= 0.6 is 0 Å². The Hall–Kier alpha value is -3.32. The molecule has 0 bridgehead atoms. The fourth-order valence-corrected chi connectivity index (χ4v) is 4.34. The van der Waals surface area contributed by atoms with E-state index in [-0.39, 0.29) is 12.2 Å². The summed E-state index contributed by atoms with van der Waals surface area (Å²) in [5, 5.41) is 13.6. The fraction of sp³-hybridized carbons (Fsp3) is 0.423. The van der Waals surface area contributed by atoms with Crippen LogP contribution in [0.1, 0.15) is 36.9 Å². The maximum absolute atomic E-state index is 12.9. The van der Waals surface area contributed by atoms with Gasteiger partial charge in [0.25, 0.3) is 0 Å². The zero-order chi connectivity index (χ0) is 27.1. The molecule has 204 valence electrons. The first-order chi connectivity index (χ1) is 18.2. The lowest BCUT2D eigenvalue weighted by Crippen LogP contribution is -2.41. The minimum Gasteiger partial charge on any atom is -0.326 e. The lowest BCUT2D eigenvalue weighted by molar-refractivity contribution is -0.137. The Balaban J connectivity index is 1.27. The highest BCUT2D eigenvalue weighted by atomic mass is 19.4. The maximum Gasteiger partial charge on any atom is 0.416 e. The van der Waals surface area contributed by atoms with Crippen LogP contribution in [0.4, 0.5) is 18.9 Å². The third-order valence-electron chi connectivity index (χ3n) is 6.68. The number of alkyl halides is 3. The van der Waals surface area contributed by atoms with Crippen LogP contribution in [0, 0.1) is 5.92 Å². The second-order valence-corrected chi connectivity index (χ2v) is 9.40. The third-order valence-corrected chi connectivity index (χ3v) is 6.68. The summed E-state index contributed by atoms with van der Waals surface area (Å²) < 4.78 is 40.8. The second kappa shape index (κ2) is 12.5. The van der Waals surface area contributed by atoms with Gasteiger partial charge in [-0.2, -0.15) is 18.3 Å². The van der Waals surface area contributed by atoms with Gasteiger partial charge in [0.2, 0.25) is 5.91 Å². The Labute approximate surface area is 218 Å². The molecule has 1 aliphatic rings. The van der Waals surface area contributed by atoms with Gasteiger partial charge in [-0.05, 0) is 55.8 Å². The van der Waals surface area contributed by atoms with Crippen molar-refractivity contribution in [3.05, 3.63) is 66.1 Å². The molecule has 38 heavy (non-hydrogen) atoms. The number of aromatic nitrogens is 3. The SMILES string of the molecule is C[C@@H](C(=O)Nc1cccc(C(F)(F)F)c1)C(CNCc1ccc(-c2cnn(C3CCNCC3)c2)nc1)ON. The van der Waals surface area contributed by atoms with Crippen molar-refractivity contribution in [3.8, 4) is 11.3 Å². The Kier molecular flexibility index (Phi) is 9.10. The number of nitrogens with zero attached hydrogens (tertiary/aromatic N) is 3. The predicted molar refractivity (Wildman–Crippen MR) is 137 cm³/mol. The number of nitrogens with two attached hydrogens (primary N) is 1. The van der Waals surface area contributed by atoms with Gasteiger partial charge in [0, 0.05) is 36.7 Å². The van der Waals surface area contributed by atoms with Gasteiger partial charge in [0.1, 0.15) is 6.10 Å². The van der Waals surface area contributed by atoms with Crippen molar-refractivity contribution in [2.75, 3.05) is 25.0 Å². The summed E-state index contributed by atoms with van der Waals surface area (Å²) in [5.41, 5.74) is 1.92. The van der Waals surface area contributed by atoms with Crippen LogP contribution in [0.2, 0.25) is 0 Å². The summed E-state index contributed by atoms with van der Waals surface area (Å²) in [6.45, 7) is 4.30. The van der Waals surface area contributed by atoms with E-state index in [2.05, 4.69) is 26.0 Å². The summed E-state index contributed by atoms with van der Waals surface area (Å²) in [6.07, 6.45) is 2.54. The van der Waals surface area contributed by atoms with Gasteiger partial charge in [0.15, 0.2) is 0 Å². The van der Waals surface area contributed by atoms with Crippen LogP contribution in [0.3, 0.4) is 0 Å². The molecule has 1 aliphatic heterocycles. The van der Waals surface area contributed by atoms with Crippen LogP contribution < -0.4 is 21.8 Å². The van der Waals surface area contributed by atoms with Crippen molar-refractivity contribution >= 4 is 11.6 Å². The van der Waals surface area contributed by atoms with Crippen molar-refractivity contribution in [1.29, 1.82) is 0 Å². The molecule has 3 aromatic rings. The van der Waals surface area contributed by atoms with E-state index in [9.17, 15) is 18.0 Å². The van der Waals surface area contributed by atoms with E-state index >= 15 is 0 Å². The van der Waals surface area contributed by atoms with Crippen LogP contribution in [0.5, 0.6) is 0 Å². The summed E-state index contributed by atoms with van der Waals surface area (Å²) in [7, 11) is 0. The number of carbonyl (C=O) groups is 1. The molecule has 5 N–H and O–H groups in total. The summed E-state index contributed by atoms with van der Waals surface area (Å²) in [4.78, 5) is 22.1. The molecule has 1 aromatic carbocycles.